The number of aromatic nitrogens is 2. The van der Waals surface area contributed by atoms with Crippen LogP contribution in [0.15, 0.2) is 4.52 Å². The molecule has 2 heterocycles. The van der Waals surface area contributed by atoms with Crippen molar-refractivity contribution in [2.24, 2.45) is 5.41 Å². The van der Waals surface area contributed by atoms with Gasteiger partial charge in [-0.3, -0.25) is 4.90 Å². The highest BCUT2D eigenvalue weighted by atomic mass is 16.5. The number of hydrogen-bond donors (Lipinski definition) is 1. The van der Waals surface area contributed by atoms with Gasteiger partial charge >= 0.3 is 0 Å². The molecule has 108 valence electrons. The van der Waals surface area contributed by atoms with Gasteiger partial charge in [-0.2, -0.15) is 4.98 Å². The molecule has 0 saturated carbocycles. The zero-order chi connectivity index (χ0) is 14.1. The van der Waals surface area contributed by atoms with Gasteiger partial charge in [-0.25, -0.2) is 0 Å². The van der Waals surface area contributed by atoms with Crippen LogP contribution in [0.4, 0.5) is 0 Å². The first-order valence-corrected chi connectivity index (χ1v) is 7.08. The molecule has 0 aliphatic carbocycles. The molecule has 0 spiro atoms. The van der Waals surface area contributed by atoms with E-state index in [9.17, 15) is 0 Å². The van der Waals surface area contributed by atoms with Gasteiger partial charge in [0.2, 0.25) is 5.89 Å². The van der Waals surface area contributed by atoms with Crippen molar-refractivity contribution in [3.8, 4) is 0 Å². The predicted molar refractivity (Wildman–Crippen MR) is 74.9 cm³/mol. The quantitative estimate of drug-likeness (QED) is 0.904. The Bertz CT molecular complexity index is 413. The summed E-state index contributed by atoms with van der Waals surface area (Å²) in [5, 5.41) is 7.57. The van der Waals surface area contributed by atoms with Crippen LogP contribution in [-0.2, 0) is 12.0 Å². The summed E-state index contributed by atoms with van der Waals surface area (Å²) in [6, 6.07) is 0. The Kier molecular flexibility index (Phi) is 3.97. The third-order valence-corrected chi connectivity index (χ3v) is 3.60. The van der Waals surface area contributed by atoms with E-state index in [4.69, 9.17) is 4.52 Å². The largest absolute Gasteiger partial charge is 0.339 e. The highest BCUT2D eigenvalue weighted by Gasteiger charge is 2.34. The number of piperazine rings is 1. The van der Waals surface area contributed by atoms with Crippen molar-refractivity contribution in [1.82, 2.24) is 20.4 Å². The van der Waals surface area contributed by atoms with E-state index in [-0.39, 0.29) is 11.0 Å². The molecule has 19 heavy (non-hydrogen) atoms. The maximum absolute atomic E-state index is 5.41. The summed E-state index contributed by atoms with van der Waals surface area (Å²) < 4.78 is 5.41. The van der Waals surface area contributed by atoms with Crippen LogP contribution in [0.3, 0.4) is 0 Å². The normalized spacial score (nSPS) is 18.8. The summed E-state index contributed by atoms with van der Waals surface area (Å²) in [4.78, 5) is 7.01. The lowest BCUT2D eigenvalue weighted by Gasteiger charge is -2.38. The monoisotopic (exact) mass is 266 g/mol. The minimum Gasteiger partial charge on any atom is -0.339 e. The van der Waals surface area contributed by atoms with Crippen molar-refractivity contribution in [3.63, 3.8) is 0 Å². The van der Waals surface area contributed by atoms with Crippen molar-refractivity contribution in [2.75, 3.05) is 26.2 Å². The minimum absolute atomic E-state index is 0.165. The molecule has 0 amide bonds. The third-order valence-electron chi connectivity index (χ3n) is 3.60. The molecule has 1 aromatic heterocycles. The average Bonchev–Trinajstić information content (AvgIpc) is 2.77. The van der Waals surface area contributed by atoms with Crippen molar-refractivity contribution in [1.29, 1.82) is 0 Å². The molecule has 1 aliphatic heterocycles. The molecule has 1 aromatic rings. The van der Waals surface area contributed by atoms with Crippen LogP contribution >= 0.6 is 0 Å². The number of hydrogen-bond acceptors (Lipinski definition) is 5. The van der Waals surface area contributed by atoms with Gasteiger partial charge in [0.05, 0.1) is 5.54 Å². The summed E-state index contributed by atoms with van der Waals surface area (Å²) in [7, 11) is 0. The van der Waals surface area contributed by atoms with Gasteiger partial charge in [-0.15, -0.1) is 0 Å². The topological polar surface area (TPSA) is 54.2 Å². The second-order valence-electron chi connectivity index (χ2n) is 7.05. The van der Waals surface area contributed by atoms with Crippen LogP contribution in [0, 0.1) is 5.41 Å². The molecule has 0 bridgehead atoms. The van der Waals surface area contributed by atoms with E-state index in [1.165, 1.54) is 0 Å². The Morgan fingerprint density at radius 1 is 1.16 bits per heavy atom. The van der Waals surface area contributed by atoms with E-state index in [2.05, 4.69) is 55.0 Å². The minimum atomic E-state index is -0.165. The molecule has 0 atom stereocenters. The van der Waals surface area contributed by atoms with Crippen LogP contribution in [0.25, 0.3) is 0 Å². The van der Waals surface area contributed by atoms with E-state index >= 15 is 0 Å². The molecule has 1 aliphatic rings. The molecule has 0 unspecified atom stereocenters. The van der Waals surface area contributed by atoms with E-state index in [0.29, 0.717) is 0 Å². The van der Waals surface area contributed by atoms with Crippen molar-refractivity contribution < 1.29 is 4.52 Å². The first kappa shape index (κ1) is 14.5. The summed E-state index contributed by atoms with van der Waals surface area (Å²) >= 11 is 0. The van der Waals surface area contributed by atoms with Gasteiger partial charge in [0, 0.05) is 32.6 Å². The van der Waals surface area contributed by atoms with E-state index < -0.39 is 0 Å². The van der Waals surface area contributed by atoms with Gasteiger partial charge in [0.1, 0.15) is 0 Å². The summed E-state index contributed by atoms with van der Waals surface area (Å²) in [5.74, 6) is 1.54. The Hall–Kier alpha value is -0.940. The lowest BCUT2D eigenvalue weighted by atomic mass is 9.92. The van der Waals surface area contributed by atoms with Crippen LogP contribution in [-0.4, -0.2) is 41.2 Å². The van der Waals surface area contributed by atoms with Gasteiger partial charge in [0.15, 0.2) is 5.82 Å². The zero-order valence-corrected chi connectivity index (χ0v) is 12.8. The summed E-state index contributed by atoms with van der Waals surface area (Å²) in [6.07, 6.45) is 0.817. The fourth-order valence-corrected chi connectivity index (χ4v) is 2.39. The van der Waals surface area contributed by atoms with Crippen LogP contribution < -0.4 is 5.32 Å². The second-order valence-corrected chi connectivity index (χ2v) is 7.05. The second kappa shape index (κ2) is 5.21. The molecule has 5 nitrogen and oxygen atoms in total. The van der Waals surface area contributed by atoms with Gasteiger partial charge in [-0.1, -0.05) is 25.9 Å². The summed E-state index contributed by atoms with van der Waals surface area (Å²) in [6.45, 7) is 15.0. The smallest absolute Gasteiger partial charge is 0.227 e. The Morgan fingerprint density at radius 3 is 2.37 bits per heavy atom. The Morgan fingerprint density at radius 2 is 1.79 bits per heavy atom. The highest BCUT2D eigenvalue weighted by Crippen LogP contribution is 2.27. The van der Waals surface area contributed by atoms with E-state index in [1.54, 1.807) is 0 Å². The van der Waals surface area contributed by atoms with Gasteiger partial charge in [0.25, 0.3) is 0 Å². The van der Waals surface area contributed by atoms with Crippen LogP contribution in [0.2, 0.25) is 0 Å². The SMILES string of the molecule is CC(C)(C)Cc1nc(C(C)(C)N2CCNCC2)no1. The first-order chi connectivity index (χ1) is 8.79. The van der Waals surface area contributed by atoms with E-state index in [0.717, 1.165) is 44.3 Å². The fourth-order valence-electron chi connectivity index (χ4n) is 2.39. The Labute approximate surface area is 115 Å². The van der Waals surface area contributed by atoms with Crippen molar-refractivity contribution >= 4 is 0 Å². The van der Waals surface area contributed by atoms with E-state index in [1.807, 2.05) is 0 Å². The molecule has 1 saturated heterocycles. The lowest BCUT2D eigenvalue weighted by Crippen LogP contribution is -2.52. The lowest BCUT2D eigenvalue weighted by molar-refractivity contribution is 0.0924. The van der Waals surface area contributed by atoms with Crippen molar-refractivity contribution in [3.05, 3.63) is 11.7 Å². The molecular weight excluding hydrogens is 240 g/mol. The molecule has 0 aromatic carbocycles. The predicted octanol–water partition coefficient (Wildman–Crippen LogP) is 1.80. The third kappa shape index (κ3) is 3.54. The molecule has 2 rings (SSSR count). The first-order valence-electron chi connectivity index (χ1n) is 7.08. The van der Waals surface area contributed by atoms with Crippen LogP contribution in [0.5, 0.6) is 0 Å². The number of nitrogens with zero attached hydrogens (tertiary/aromatic N) is 3. The number of rotatable bonds is 3. The maximum atomic E-state index is 5.41. The zero-order valence-electron chi connectivity index (χ0n) is 12.8. The van der Waals surface area contributed by atoms with Gasteiger partial charge < -0.3 is 9.84 Å². The maximum Gasteiger partial charge on any atom is 0.227 e. The molecule has 5 heteroatoms. The molecule has 1 fully saturated rings. The highest BCUT2D eigenvalue weighted by molar-refractivity contribution is 5.03. The average molecular weight is 266 g/mol. The van der Waals surface area contributed by atoms with Crippen LogP contribution in [0.1, 0.15) is 46.3 Å². The number of nitrogens with one attached hydrogen (secondary N) is 1. The van der Waals surface area contributed by atoms with Gasteiger partial charge in [-0.05, 0) is 19.3 Å². The van der Waals surface area contributed by atoms with Crippen molar-refractivity contribution in [2.45, 2.75) is 46.6 Å². The molecule has 1 N–H and O–H groups in total. The Balaban J connectivity index is 2.11. The summed E-state index contributed by atoms with van der Waals surface area (Å²) in [5.41, 5.74) is 0.00469. The standard InChI is InChI=1S/C14H26N4O/c1-13(2,3)10-11-16-12(17-19-11)14(4,5)18-8-6-15-7-9-18/h15H,6-10H2,1-5H3. The molecular formula is C14H26N4O. The fraction of sp³-hybridized carbons (Fsp3) is 0.857. The molecule has 0 radical (unpaired) electrons.